The van der Waals surface area contributed by atoms with Gasteiger partial charge in [0.25, 0.3) is 13.4 Å². The second kappa shape index (κ2) is 24.0. The van der Waals surface area contributed by atoms with E-state index in [1.54, 1.807) is 0 Å². The minimum atomic E-state index is -2.85. The molecular formula is C96H89B2N3O2Si2. The molecule has 0 amide bonds. The standard InChI is InChI=1S/C96H89B2N3O2Si2/c1-94(2,3)64-50-72(60-32-20-16-21-33-60)91(73(51-64)61-34-22-17-23-35-61)100-81-56-67(99-79-42-30-28-40-70(79)71-41-29-31-43-80(71)99)44-47-76(81)98-88-82(100)54-66(96(7,8)9)55-83(88)101(92-74(62-36-24-18-25-37-62)52-65(95(4,5)6)53-75(92)63-38-26-19-27-39-63)84-59-87-90-93(89(84)98)103-86-49-46-69(105(13,14)15)58-78(86)97(90)77-57-68(104(10,11)12)45-48-85(77)102-87/h16-59H,1-15H3/i28D,29D,30D,31D,40D,41D,42D,43D,44D,45D,46D,47D,48D,49D,56D,57D,58D,59D. The molecule has 0 N–H and O–H groups in total. The summed E-state index contributed by atoms with van der Waals surface area (Å²) in [7, 11) is -5.70. The highest BCUT2D eigenvalue weighted by Crippen LogP contribution is 2.57. The molecule has 0 spiro atoms. The van der Waals surface area contributed by atoms with Gasteiger partial charge in [-0.3, -0.25) is 0 Å². The first-order valence-electron chi connectivity index (χ1n) is 45.2. The molecule has 0 atom stereocenters. The zero-order valence-corrected chi connectivity index (χ0v) is 63.8. The highest BCUT2D eigenvalue weighted by molar-refractivity contribution is 7.03. The normalized spacial score (nSPS) is 16.1. The fraction of sp³-hybridized carbons (Fsp3) is 0.188. The summed E-state index contributed by atoms with van der Waals surface area (Å²) in [6.07, 6.45) is 0. The van der Waals surface area contributed by atoms with E-state index in [2.05, 4.69) is 104 Å². The van der Waals surface area contributed by atoms with Crippen molar-refractivity contribution in [3.63, 3.8) is 0 Å². The largest absolute Gasteiger partial charge is 0.459 e. The fourth-order valence-electron chi connectivity index (χ4n) is 15.6. The Bertz CT molecular complexity index is 6790. The number of nitrogens with zero attached hydrogens (tertiary/aromatic N) is 3. The van der Waals surface area contributed by atoms with Crippen LogP contribution in [0.2, 0.25) is 39.3 Å². The topological polar surface area (TPSA) is 29.9 Å². The Morgan fingerprint density at radius 1 is 0.352 bits per heavy atom. The molecule has 5 heterocycles. The van der Waals surface area contributed by atoms with Gasteiger partial charge < -0.3 is 23.8 Å². The van der Waals surface area contributed by atoms with E-state index in [0.29, 0.717) is 60.8 Å². The fourth-order valence-corrected chi connectivity index (χ4v) is 17.5. The van der Waals surface area contributed by atoms with E-state index in [9.17, 15) is 24.7 Å². The molecule has 1 aromatic heterocycles. The maximum absolute atomic E-state index is 12.0. The van der Waals surface area contributed by atoms with Gasteiger partial charge in [0.1, 0.15) is 23.0 Å². The van der Waals surface area contributed by atoms with Gasteiger partial charge in [-0.25, -0.2) is 0 Å². The van der Waals surface area contributed by atoms with Crippen LogP contribution in [0.15, 0.2) is 266 Å². The average Bonchev–Trinajstić information content (AvgIpc) is 0.758. The molecule has 514 valence electrons. The molecule has 0 fully saturated rings. The molecule has 0 unspecified atom stereocenters. The van der Waals surface area contributed by atoms with Crippen LogP contribution in [0.25, 0.3) is 72.0 Å². The smallest absolute Gasteiger partial charge is 0.260 e. The summed E-state index contributed by atoms with van der Waals surface area (Å²) in [5.74, 6) is -0.645. The number of hydrogen-bond donors (Lipinski definition) is 0. The quantitative estimate of drug-likeness (QED) is 0.135. The third-order valence-electron chi connectivity index (χ3n) is 21.2. The lowest BCUT2D eigenvalue weighted by molar-refractivity contribution is 0.467. The lowest BCUT2D eigenvalue weighted by Crippen LogP contribution is -2.65. The van der Waals surface area contributed by atoms with Gasteiger partial charge in [0.05, 0.1) is 63.2 Å². The predicted molar refractivity (Wildman–Crippen MR) is 456 cm³/mol. The van der Waals surface area contributed by atoms with Crippen molar-refractivity contribution >= 4 is 129 Å². The Balaban J connectivity index is 1.15. The van der Waals surface area contributed by atoms with Crippen LogP contribution in [0.4, 0.5) is 34.1 Å². The van der Waals surface area contributed by atoms with E-state index in [0.717, 1.165) is 43.5 Å². The van der Waals surface area contributed by atoms with Gasteiger partial charge in [-0.05, 0) is 155 Å². The van der Waals surface area contributed by atoms with Crippen LogP contribution >= 0.6 is 0 Å². The van der Waals surface area contributed by atoms with Gasteiger partial charge in [0, 0.05) is 73.0 Å². The third-order valence-corrected chi connectivity index (χ3v) is 24.7. The summed E-state index contributed by atoms with van der Waals surface area (Å²) in [4.78, 5) is 4.07. The van der Waals surface area contributed by atoms with Gasteiger partial charge in [-0.1, -0.05) is 300 Å². The Kier molecular flexibility index (Phi) is 11.2. The molecule has 4 aliphatic rings. The maximum atomic E-state index is 12.0. The van der Waals surface area contributed by atoms with Crippen molar-refractivity contribution in [2.75, 3.05) is 9.80 Å². The van der Waals surface area contributed by atoms with Crippen LogP contribution < -0.4 is 62.4 Å². The SMILES string of the molecule is [2H]c1c([2H])c([Si](C)(C)C)c([2H])c2c1Oc1c([2H])c3c(c4c1B2c1c([2H])c([Si](C)(C)C)c([2H])c([2H])c1O4)B1c2c(cc(C(C)(C)C)cc2N3c2c(-c3ccccc3)cc(C(C)(C)C)cc2-c2ccccc2)N(c2c(-c3ccccc3)cc(C(C)(C)C)cc2-c2ccccc2)c2c([2H])c(-n3c4c([2H])c([2H])c([2H])c([2H])c4c4c([2H])c([2H])c([2H])c([2H])c43)c([2H])c([2H])c21. The highest BCUT2D eigenvalue weighted by atomic mass is 28.3. The second-order valence-corrected chi connectivity index (χ2v) is 43.4. The molecule has 14 aromatic rings. The number of ether oxygens (including phenoxy) is 2. The van der Waals surface area contributed by atoms with Crippen LogP contribution in [0.1, 0.15) is 104 Å². The molecule has 0 radical (unpaired) electrons. The molecule has 5 nitrogen and oxygen atoms in total. The average molecular weight is 1410 g/mol. The molecule has 105 heavy (non-hydrogen) atoms. The molecule has 4 aliphatic heterocycles. The Labute approximate surface area is 648 Å². The zero-order valence-electron chi connectivity index (χ0n) is 79.8. The van der Waals surface area contributed by atoms with Gasteiger partial charge in [0.15, 0.2) is 0 Å². The van der Waals surface area contributed by atoms with Crippen LogP contribution in [-0.2, 0) is 16.2 Å². The lowest BCUT2D eigenvalue weighted by Gasteiger charge is -2.48. The number of benzene rings is 13. The van der Waals surface area contributed by atoms with Crippen molar-refractivity contribution in [3.05, 3.63) is 283 Å². The van der Waals surface area contributed by atoms with Crippen molar-refractivity contribution in [2.24, 2.45) is 0 Å². The minimum Gasteiger partial charge on any atom is -0.459 e. The third kappa shape index (κ3) is 10.8. The number of rotatable bonds is 9. The molecule has 9 heteroatoms. The van der Waals surface area contributed by atoms with Crippen molar-refractivity contribution in [1.82, 2.24) is 4.57 Å². The first-order chi connectivity index (χ1) is 57.8. The molecule has 0 saturated carbocycles. The summed E-state index contributed by atoms with van der Waals surface area (Å²) in [6, 6.07) is 43.3. The van der Waals surface area contributed by atoms with E-state index in [1.807, 2.05) is 166 Å². The number of hydrogen-bond acceptors (Lipinski definition) is 4. The number of fused-ring (bicyclic) bond motifs is 12. The summed E-state index contributed by atoms with van der Waals surface area (Å²) in [6.45, 7) is 28.2. The van der Waals surface area contributed by atoms with E-state index in [1.165, 1.54) is 0 Å². The number of aromatic nitrogens is 1. The number of anilines is 6. The van der Waals surface area contributed by atoms with Gasteiger partial charge in [0.2, 0.25) is 0 Å². The van der Waals surface area contributed by atoms with Crippen LogP contribution in [0.3, 0.4) is 0 Å². The van der Waals surface area contributed by atoms with Crippen molar-refractivity contribution < 1.29 is 34.1 Å². The second-order valence-electron chi connectivity index (χ2n) is 33.4. The van der Waals surface area contributed by atoms with Crippen molar-refractivity contribution in [2.45, 2.75) is 118 Å². The van der Waals surface area contributed by atoms with Crippen LogP contribution in [0.5, 0.6) is 23.0 Å². The first-order valence-corrected chi connectivity index (χ1v) is 43.2. The lowest BCUT2D eigenvalue weighted by atomic mass is 9.30. The van der Waals surface area contributed by atoms with Crippen molar-refractivity contribution in [3.8, 4) is 73.2 Å². The van der Waals surface area contributed by atoms with E-state index < -0.39 is 118 Å². The van der Waals surface area contributed by atoms with E-state index in [-0.39, 0.29) is 126 Å². The Hall–Kier alpha value is -10.6. The summed E-state index contributed by atoms with van der Waals surface area (Å²) < 4.78 is 202. The first kappa shape index (κ1) is 49.2. The molecule has 0 aliphatic carbocycles. The molecule has 0 bridgehead atoms. The number of para-hydroxylation sites is 2. The summed E-state index contributed by atoms with van der Waals surface area (Å²) in [5, 5.41) is 0.0329. The predicted octanol–water partition coefficient (Wildman–Crippen LogP) is 21.2. The monoisotopic (exact) mass is 1410 g/mol. The molecule has 18 rings (SSSR count). The minimum absolute atomic E-state index is 0.0280. The zero-order chi connectivity index (χ0) is 88.2. The molecular weight excluding hydrogens is 1300 g/mol. The summed E-state index contributed by atoms with van der Waals surface area (Å²) in [5.41, 5.74) is 7.95. The van der Waals surface area contributed by atoms with Crippen LogP contribution in [-0.4, -0.2) is 34.1 Å². The van der Waals surface area contributed by atoms with E-state index >= 15 is 0 Å². The molecule has 0 saturated heterocycles. The van der Waals surface area contributed by atoms with E-state index in [4.69, 9.17) is 9.47 Å². The summed E-state index contributed by atoms with van der Waals surface area (Å²) >= 11 is 0. The Morgan fingerprint density at radius 3 is 1.17 bits per heavy atom. The van der Waals surface area contributed by atoms with Crippen molar-refractivity contribution in [1.29, 1.82) is 0 Å². The highest BCUT2D eigenvalue weighted by Gasteiger charge is 2.52. The van der Waals surface area contributed by atoms with Gasteiger partial charge in [-0.2, -0.15) is 0 Å². The van der Waals surface area contributed by atoms with Gasteiger partial charge in [-0.15, -0.1) is 0 Å². The van der Waals surface area contributed by atoms with Gasteiger partial charge >= 0.3 is 0 Å². The Morgan fingerprint density at radius 2 is 0.752 bits per heavy atom. The molecule has 13 aromatic carbocycles. The maximum Gasteiger partial charge on any atom is 0.260 e. The van der Waals surface area contributed by atoms with Crippen LogP contribution in [0, 0.1) is 0 Å².